The summed E-state index contributed by atoms with van der Waals surface area (Å²) in [6.07, 6.45) is 0.781. The average molecular weight is 290 g/mol. The Labute approximate surface area is 117 Å². The van der Waals surface area contributed by atoms with Crippen LogP contribution in [0.3, 0.4) is 0 Å². The van der Waals surface area contributed by atoms with E-state index in [4.69, 9.17) is 22.1 Å². The Balaban J connectivity index is 2.21. The Morgan fingerprint density at radius 1 is 1.68 bits per heavy atom. The van der Waals surface area contributed by atoms with Gasteiger partial charge < -0.3 is 20.7 Å². The largest absolute Gasteiger partial charge is 0.380 e. The number of alkyl halides is 1. The van der Waals surface area contributed by atoms with Crippen molar-refractivity contribution in [3.63, 3.8) is 0 Å². The van der Waals surface area contributed by atoms with Gasteiger partial charge in [-0.2, -0.15) is 0 Å². The molecule has 3 amide bonds. The molecule has 2 aliphatic heterocycles. The van der Waals surface area contributed by atoms with Gasteiger partial charge in [-0.1, -0.05) is 0 Å². The van der Waals surface area contributed by atoms with Crippen molar-refractivity contribution in [1.29, 1.82) is 0 Å². The second-order valence-electron chi connectivity index (χ2n) is 5.45. The zero-order valence-electron chi connectivity index (χ0n) is 11.0. The van der Waals surface area contributed by atoms with E-state index in [0.717, 1.165) is 6.42 Å². The molecule has 3 N–H and O–H groups in total. The van der Waals surface area contributed by atoms with Gasteiger partial charge in [-0.15, -0.1) is 11.6 Å². The fourth-order valence-corrected chi connectivity index (χ4v) is 3.05. The molecule has 2 saturated heterocycles. The maximum Gasteiger partial charge on any atom is 0.317 e. The van der Waals surface area contributed by atoms with Crippen molar-refractivity contribution in [2.45, 2.75) is 19.4 Å². The van der Waals surface area contributed by atoms with E-state index in [0.29, 0.717) is 25.6 Å². The molecular formula is C12H20ClN3O3. The SMILES string of the molecule is C[C@]1(C(N)=O)COCC2CCN(CCCl)C(=O)NC21. The van der Waals surface area contributed by atoms with E-state index >= 15 is 0 Å². The predicted octanol–water partition coefficient (Wildman–Crippen LogP) is 0.147. The predicted molar refractivity (Wildman–Crippen MR) is 70.8 cm³/mol. The van der Waals surface area contributed by atoms with Crippen LogP contribution in [0.2, 0.25) is 0 Å². The third-order valence-corrected chi connectivity index (χ3v) is 4.31. The van der Waals surface area contributed by atoms with Gasteiger partial charge in [0.05, 0.1) is 24.7 Å². The first-order valence-corrected chi connectivity index (χ1v) is 7.01. The van der Waals surface area contributed by atoms with Crippen LogP contribution >= 0.6 is 11.6 Å². The number of hydrogen-bond donors (Lipinski definition) is 2. The molecule has 2 aliphatic rings. The lowest BCUT2D eigenvalue weighted by atomic mass is 9.73. The van der Waals surface area contributed by atoms with E-state index in [-0.39, 0.29) is 24.6 Å². The van der Waals surface area contributed by atoms with Crippen LogP contribution in [0.15, 0.2) is 0 Å². The van der Waals surface area contributed by atoms with Crippen LogP contribution in [0.25, 0.3) is 0 Å². The Morgan fingerprint density at radius 2 is 2.42 bits per heavy atom. The van der Waals surface area contributed by atoms with Gasteiger partial charge in [0.25, 0.3) is 0 Å². The van der Waals surface area contributed by atoms with Crippen molar-refractivity contribution >= 4 is 23.5 Å². The van der Waals surface area contributed by atoms with Crippen molar-refractivity contribution in [2.24, 2.45) is 17.1 Å². The lowest BCUT2D eigenvalue weighted by Gasteiger charge is -2.42. The fraction of sp³-hybridized carbons (Fsp3) is 0.833. The van der Waals surface area contributed by atoms with Crippen molar-refractivity contribution < 1.29 is 14.3 Å². The number of fused-ring (bicyclic) bond motifs is 1. The first-order chi connectivity index (χ1) is 8.99. The summed E-state index contributed by atoms with van der Waals surface area (Å²) in [6.45, 7) is 3.67. The number of ether oxygens (including phenoxy) is 1. The maximum atomic E-state index is 12.1. The molecule has 0 bridgehead atoms. The molecule has 2 heterocycles. The van der Waals surface area contributed by atoms with Crippen LogP contribution < -0.4 is 11.1 Å². The number of hydrogen-bond acceptors (Lipinski definition) is 3. The summed E-state index contributed by atoms with van der Waals surface area (Å²) in [7, 11) is 0. The molecule has 0 saturated carbocycles. The molecular weight excluding hydrogens is 270 g/mol. The summed E-state index contributed by atoms with van der Waals surface area (Å²) in [6, 6.07) is -0.450. The number of carbonyl (C=O) groups excluding carboxylic acids is 2. The van der Waals surface area contributed by atoms with Crippen LogP contribution in [0, 0.1) is 11.3 Å². The van der Waals surface area contributed by atoms with Gasteiger partial charge in [-0.25, -0.2) is 4.79 Å². The number of amides is 3. The first kappa shape index (κ1) is 14.4. The summed E-state index contributed by atoms with van der Waals surface area (Å²) >= 11 is 5.69. The van der Waals surface area contributed by atoms with Crippen LogP contribution in [-0.4, -0.2) is 55.1 Å². The number of nitrogens with two attached hydrogens (primary N) is 1. The van der Waals surface area contributed by atoms with Gasteiger partial charge in [-0.05, 0) is 13.3 Å². The standard InChI is InChI=1S/C12H20ClN3O3/c1-12(10(14)17)7-19-6-8-2-4-16(5-3-13)11(18)15-9(8)12/h8-9H,2-7H2,1H3,(H2,14,17)(H,15,18)/t8?,9?,12-/m0/s1. The lowest BCUT2D eigenvalue weighted by Crippen LogP contribution is -2.61. The molecule has 0 radical (unpaired) electrons. The lowest BCUT2D eigenvalue weighted by molar-refractivity contribution is -0.140. The molecule has 0 aromatic carbocycles. The molecule has 7 heteroatoms. The number of nitrogens with zero attached hydrogens (tertiary/aromatic N) is 1. The van der Waals surface area contributed by atoms with E-state index in [1.165, 1.54) is 0 Å². The number of urea groups is 1. The third-order valence-electron chi connectivity index (χ3n) is 4.14. The highest BCUT2D eigenvalue weighted by Gasteiger charge is 2.49. The minimum Gasteiger partial charge on any atom is -0.380 e. The van der Waals surface area contributed by atoms with Gasteiger partial charge in [0.2, 0.25) is 5.91 Å². The molecule has 2 unspecified atom stereocenters. The van der Waals surface area contributed by atoms with Gasteiger partial charge in [0.1, 0.15) is 0 Å². The minimum atomic E-state index is -0.852. The molecule has 0 aromatic heterocycles. The summed E-state index contributed by atoms with van der Waals surface area (Å²) in [5.41, 5.74) is 4.64. The Kier molecular flexibility index (Phi) is 4.20. The molecule has 6 nitrogen and oxygen atoms in total. The summed E-state index contributed by atoms with van der Waals surface area (Å²) in [5, 5.41) is 2.94. The summed E-state index contributed by atoms with van der Waals surface area (Å²) in [4.78, 5) is 25.5. The third kappa shape index (κ3) is 2.65. The van der Waals surface area contributed by atoms with Crippen molar-refractivity contribution in [3.8, 4) is 0 Å². The Bertz CT molecular complexity index is 379. The first-order valence-electron chi connectivity index (χ1n) is 6.48. The van der Waals surface area contributed by atoms with Crippen molar-refractivity contribution in [3.05, 3.63) is 0 Å². The van der Waals surface area contributed by atoms with Crippen molar-refractivity contribution in [2.75, 3.05) is 32.2 Å². The molecule has 2 fully saturated rings. The highest BCUT2D eigenvalue weighted by Crippen LogP contribution is 2.34. The number of halogens is 1. The van der Waals surface area contributed by atoms with Crippen LogP contribution in [0.4, 0.5) is 4.79 Å². The van der Waals surface area contributed by atoms with Crippen molar-refractivity contribution in [1.82, 2.24) is 10.2 Å². The number of primary amides is 1. The highest BCUT2D eigenvalue weighted by molar-refractivity contribution is 6.18. The minimum absolute atomic E-state index is 0.107. The Morgan fingerprint density at radius 3 is 3.05 bits per heavy atom. The topological polar surface area (TPSA) is 84.7 Å². The van der Waals surface area contributed by atoms with E-state index < -0.39 is 11.3 Å². The van der Waals surface area contributed by atoms with Gasteiger partial charge in [0, 0.05) is 24.9 Å². The number of rotatable bonds is 3. The maximum absolute atomic E-state index is 12.1. The van der Waals surface area contributed by atoms with Crippen LogP contribution in [-0.2, 0) is 9.53 Å². The second kappa shape index (κ2) is 5.54. The second-order valence-corrected chi connectivity index (χ2v) is 5.83. The molecule has 0 spiro atoms. The molecule has 108 valence electrons. The average Bonchev–Trinajstić information content (AvgIpc) is 2.52. The fourth-order valence-electron chi connectivity index (χ4n) is 2.84. The summed E-state index contributed by atoms with van der Waals surface area (Å²) < 4.78 is 5.51. The normalized spacial score (nSPS) is 35.3. The number of carbonyl (C=O) groups is 2. The zero-order chi connectivity index (χ0) is 14.0. The highest BCUT2D eigenvalue weighted by atomic mass is 35.5. The zero-order valence-corrected chi connectivity index (χ0v) is 11.8. The smallest absolute Gasteiger partial charge is 0.317 e. The van der Waals surface area contributed by atoms with Gasteiger partial charge in [0.15, 0.2) is 0 Å². The summed E-state index contributed by atoms with van der Waals surface area (Å²) in [5.74, 6) is 0.0654. The Hall–Kier alpha value is -1.01. The molecule has 3 atom stereocenters. The molecule has 0 aliphatic carbocycles. The molecule has 2 rings (SSSR count). The molecule has 0 aromatic rings. The van der Waals surface area contributed by atoms with Crippen LogP contribution in [0.1, 0.15) is 13.3 Å². The van der Waals surface area contributed by atoms with Gasteiger partial charge >= 0.3 is 6.03 Å². The van der Waals surface area contributed by atoms with E-state index in [2.05, 4.69) is 5.32 Å². The van der Waals surface area contributed by atoms with Crippen LogP contribution in [0.5, 0.6) is 0 Å². The van der Waals surface area contributed by atoms with Gasteiger partial charge in [-0.3, -0.25) is 4.79 Å². The number of nitrogens with one attached hydrogen (secondary N) is 1. The van der Waals surface area contributed by atoms with E-state index in [9.17, 15) is 9.59 Å². The van der Waals surface area contributed by atoms with E-state index in [1.54, 1.807) is 11.8 Å². The quantitative estimate of drug-likeness (QED) is 0.725. The van der Waals surface area contributed by atoms with E-state index in [1.807, 2.05) is 0 Å². The monoisotopic (exact) mass is 289 g/mol. The molecule has 19 heavy (non-hydrogen) atoms.